The van der Waals surface area contributed by atoms with Crippen LogP contribution in [0.4, 0.5) is 5.82 Å². The van der Waals surface area contributed by atoms with Crippen molar-refractivity contribution in [3.63, 3.8) is 0 Å². The zero-order valence-corrected chi connectivity index (χ0v) is 13.8. The normalized spacial score (nSPS) is 16.7. The Morgan fingerprint density at radius 2 is 1.48 bits per heavy atom. The van der Waals surface area contributed by atoms with E-state index in [-0.39, 0.29) is 0 Å². The summed E-state index contributed by atoms with van der Waals surface area (Å²) in [5.74, 6) is 2.56. The molecule has 1 aliphatic carbocycles. The van der Waals surface area contributed by atoms with E-state index in [2.05, 4.69) is 63.6 Å². The Morgan fingerprint density at radius 1 is 0.800 bits per heavy atom. The van der Waals surface area contributed by atoms with Crippen LogP contribution in [-0.2, 0) is 13.1 Å². The van der Waals surface area contributed by atoms with Crippen molar-refractivity contribution >= 4 is 22.2 Å². The molecule has 2 aliphatic rings. The lowest BCUT2D eigenvalue weighted by Gasteiger charge is -2.19. The molecule has 3 heterocycles. The number of fused-ring (bicyclic) bond motifs is 4. The van der Waals surface area contributed by atoms with E-state index in [9.17, 15) is 0 Å². The van der Waals surface area contributed by atoms with Crippen molar-refractivity contribution in [2.24, 2.45) is 0 Å². The van der Waals surface area contributed by atoms with Gasteiger partial charge in [0.1, 0.15) is 0 Å². The lowest BCUT2D eigenvalue weighted by molar-refractivity contribution is 0.781. The van der Waals surface area contributed by atoms with Crippen molar-refractivity contribution in [2.75, 3.05) is 4.90 Å². The van der Waals surface area contributed by atoms with E-state index in [1.54, 1.807) is 0 Å². The quantitative estimate of drug-likeness (QED) is 0.563. The average molecular weight is 327 g/mol. The molecular formula is C20H17N5. The Labute approximate surface area is 144 Å². The minimum atomic E-state index is 0.521. The maximum Gasteiger partial charge on any atom is 0.185 e. The average Bonchev–Trinajstić information content (AvgIpc) is 3.26. The zero-order chi connectivity index (χ0) is 16.4. The maximum absolute atomic E-state index is 5.01. The summed E-state index contributed by atoms with van der Waals surface area (Å²) in [5, 5.41) is 16.2. The monoisotopic (exact) mass is 327 g/mol. The predicted molar refractivity (Wildman–Crippen MR) is 96.6 cm³/mol. The van der Waals surface area contributed by atoms with Crippen LogP contribution in [0.25, 0.3) is 16.4 Å². The summed E-state index contributed by atoms with van der Waals surface area (Å²) in [7, 11) is 0. The fraction of sp³-hybridized carbons (Fsp3) is 0.250. The van der Waals surface area contributed by atoms with Gasteiger partial charge in [0.05, 0.1) is 0 Å². The predicted octanol–water partition coefficient (Wildman–Crippen LogP) is 3.68. The number of aromatic nitrogens is 4. The van der Waals surface area contributed by atoms with Crippen LogP contribution in [0.2, 0.25) is 0 Å². The molecule has 0 atom stereocenters. The molecule has 1 fully saturated rings. The molecule has 0 bridgehead atoms. The molecule has 1 aliphatic heterocycles. The second kappa shape index (κ2) is 4.79. The molecule has 0 radical (unpaired) electrons. The molecule has 0 N–H and O–H groups in total. The smallest absolute Gasteiger partial charge is 0.185 e. The van der Waals surface area contributed by atoms with E-state index in [1.807, 2.05) is 4.52 Å². The minimum absolute atomic E-state index is 0.521. The van der Waals surface area contributed by atoms with E-state index >= 15 is 0 Å². The van der Waals surface area contributed by atoms with Gasteiger partial charge in [0.25, 0.3) is 0 Å². The summed E-state index contributed by atoms with van der Waals surface area (Å²) < 4.78 is 1.98. The van der Waals surface area contributed by atoms with Crippen LogP contribution < -0.4 is 4.90 Å². The van der Waals surface area contributed by atoms with Gasteiger partial charge >= 0.3 is 0 Å². The van der Waals surface area contributed by atoms with E-state index in [0.717, 1.165) is 41.2 Å². The van der Waals surface area contributed by atoms with E-state index in [0.29, 0.717) is 5.92 Å². The fourth-order valence-electron chi connectivity index (χ4n) is 3.89. The van der Waals surface area contributed by atoms with Gasteiger partial charge in [0, 0.05) is 29.8 Å². The van der Waals surface area contributed by atoms with Gasteiger partial charge in [-0.2, -0.15) is 4.52 Å². The van der Waals surface area contributed by atoms with Gasteiger partial charge in [0.15, 0.2) is 17.3 Å². The number of anilines is 1. The zero-order valence-electron chi connectivity index (χ0n) is 13.8. The van der Waals surface area contributed by atoms with Crippen LogP contribution in [-0.4, -0.2) is 19.8 Å². The molecule has 122 valence electrons. The molecule has 0 saturated heterocycles. The number of nitrogens with zero attached hydrogens (tertiary/aromatic N) is 5. The molecule has 4 aromatic rings. The lowest BCUT2D eigenvalue weighted by atomic mass is 10.1. The van der Waals surface area contributed by atoms with Crippen molar-refractivity contribution in [1.82, 2.24) is 19.8 Å². The standard InChI is InChI=1S/C20H17N5/c1-2-6-15-12-24(11-14(15)5-1)20-17-8-4-3-7-16(17)19-22-21-18(13-9-10-13)25(19)23-20/h1-8,13H,9-12H2. The molecule has 0 amide bonds. The molecule has 6 rings (SSSR count). The first-order valence-electron chi connectivity index (χ1n) is 8.84. The molecule has 1 saturated carbocycles. The van der Waals surface area contributed by atoms with Gasteiger partial charge in [0.2, 0.25) is 0 Å². The van der Waals surface area contributed by atoms with Crippen LogP contribution in [0.5, 0.6) is 0 Å². The molecular weight excluding hydrogens is 310 g/mol. The lowest BCUT2D eigenvalue weighted by Crippen LogP contribution is -2.18. The second-order valence-corrected chi connectivity index (χ2v) is 7.06. The van der Waals surface area contributed by atoms with Gasteiger partial charge in [-0.25, -0.2) is 0 Å². The maximum atomic E-state index is 5.01. The first kappa shape index (κ1) is 13.4. The van der Waals surface area contributed by atoms with Gasteiger partial charge in [-0.1, -0.05) is 48.5 Å². The highest BCUT2D eigenvalue weighted by Crippen LogP contribution is 2.40. The van der Waals surface area contributed by atoms with Gasteiger partial charge in [-0.3, -0.25) is 0 Å². The molecule has 25 heavy (non-hydrogen) atoms. The Kier molecular flexibility index (Phi) is 2.56. The van der Waals surface area contributed by atoms with Gasteiger partial charge in [-0.15, -0.1) is 15.3 Å². The topological polar surface area (TPSA) is 46.3 Å². The number of hydrogen-bond acceptors (Lipinski definition) is 4. The molecule has 0 spiro atoms. The van der Waals surface area contributed by atoms with Crippen LogP contribution in [0.1, 0.15) is 35.7 Å². The van der Waals surface area contributed by atoms with Crippen LogP contribution in [0.15, 0.2) is 48.5 Å². The number of rotatable bonds is 2. The summed E-state index contributed by atoms with van der Waals surface area (Å²) in [6.07, 6.45) is 2.39. The third kappa shape index (κ3) is 1.92. The Bertz CT molecular complexity index is 1100. The summed E-state index contributed by atoms with van der Waals surface area (Å²) in [6.45, 7) is 1.80. The number of benzene rings is 2. The Balaban J connectivity index is 1.59. The minimum Gasteiger partial charge on any atom is -0.346 e. The molecule has 2 aromatic heterocycles. The van der Waals surface area contributed by atoms with E-state index < -0.39 is 0 Å². The van der Waals surface area contributed by atoms with Crippen LogP contribution in [0, 0.1) is 0 Å². The Morgan fingerprint density at radius 3 is 2.20 bits per heavy atom. The molecule has 5 heteroatoms. The largest absolute Gasteiger partial charge is 0.346 e. The summed E-state index contributed by atoms with van der Waals surface area (Å²) >= 11 is 0. The fourth-order valence-corrected chi connectivity index (χ4v) is 3.89. The highest BCUT2D eigenvalue weighted by molar-refractivity contribution is 6.00. The summed E-state index contributed by atoms with van der Waals surface area (Å²) in [6, 6.07) is 17.1. The molecule has 2 aromatic carbocycles. The van der Waals surface area contributed by atoms with Crippen LogP contribution >= 0.6 is 0 Å². The van der Waals surface area contributed by atoms with Crippen LogP contribution in [0.3, 0.4) is 0 Å². The molecule has 5 nitrogen and oxygen atoms in total. The van der Waals surface area contributed by atoms with Gasteiger partial charge < -0.3 is 4.90 Å². The van der Waals surface area contributed by atoms with Crippen molar-refractivity contribution in [1.29, 1.82) is 0 Å². The second-order valence-electron chi connectivity index (χ2n) is 7.06. The van der Waals surface area contributed by atoms with E-state index in [1.165, 1.54) is 24.0 Å². The van der Waals surface area contributed by atoms with Crippen molar-refractivity contribution in [2.45, 2.75) is 31.8 Å². The third-order valence-electron chi connectivity index (χ3n) is 5.35. The first-order chi connectivity index (χ1) is 12.4. The number of hydrogen-bond donors (Lipinski definition) is 0. The highest BCUT2D eigenvalue weighted by atomic mass is 15.4. The van der Waals surface area contributed by atoms with Gasteiger partial charge in [-0.05, 0) is 24.0 Å². The first-order valence-corrected chi connectivity index (χ1v) is 8.84. The SMILES string of the molecule is c1ccc2c(c1)CN(c1nn3c(C4CC4)nnc3c3ccccc13)C2. The highest BCUT2D eigenvalue weighted by Gasteiger charge is 2.31. The Hall–Kier alpha value is -2.95. The molecule has 0 unspecified atom stereocenters. The summed E-state index contributed by atoms with van der Waals surface area (Å²) in [5.41, 5.74) is 3.65. The van der Waals surface area contributed by atoms with Crippen molar-refractivity contribution < 1.29 is 0 Å². The van der Waals surface area contributed by atoms with E-state index in [4.69, 9.17) is 5.10 Å². The van der Waals surface area contributed by atoms with Crippen molar-refractivity contribution in [3.05, 3.63) is 65.5 Å². The summed E-state index contributed by atoms with van der Waals surface area (Å²) in [4.78, 5) is 2.36. The van der Waals surface area contributed by atoms with Crippen molar-refractivity contribution in [3.8, 4) is 0 Å². The third-order valence-corrected chi connectivity index (χ3v) is 5.35.